The highest BCUT2D eigenvalue weighted by Crippen LogP contribution is 2.20. The van der Waals surface area contributed by atoms with Crippen LogP contribution >= 0.6 is 11.8 Å². The van der Waals surface area contributed by atoms with Crippen molar-refractivity contribution in [3.63, 3.8) is 0 Å². The van der Waals surface area contributed by atoms with E-state index in [0.717, 1.165) is 29.1 Å². The van der Waals surface area contributed by atoms with Crippen LogP contribution in [0.15, 0.2) is 41.3 Å². The van der Waals surface area contributed by atoms with Crippen LogP contribution in [-0.2, 0) is 0 Å². The Bertz CT molecular complexity index is 368. The fourth-order valence-corrected chi connectivity index (χ4v) is 2.42. The Balaban J connectivity index is 2.39. The van der Waals surface area contributed by atoms with Crippen LogP contribution in [0.3, 0.4) is 0 Å². The number of rotatable bonds is 7. The summed E-state index contributed by atoms with van der Waals surface area (Å²) in [5.74, 6) is 6.11. The lowest BCUT2D eigenvalue weighted by Gasteiger charge is -2.15. The SMILES string of the molecule is C=C(C)CCC(CSc1cccc(F)c1)NN. The van der Waals surface area contributed by atoms with Crippen molar-refractivity contribution >= 4 is 11.8 Å². The van der Waals surface area contributed by atoms with Crippen LogP contribution in [0.5, 0.6) is 0 Å². The highest BCUT2D eigenvalue weighted by molar-refractivity contribution is 7.99. The molecule has 1 atom stereocenters. The van der Waals surface area contributed by atoms with Crippen LogP contribution in [0.25, 0.3) is 0 Å². The maximum Gasteiger partial charge on any atom is 0.124 e. The van der Waals surface area contributed by atoms with Gasteiger partial charge in [0.2, 0.25) is 0 Å². The molecule has 2 nitrogen and oxygen atoms in total. The topological polar surface area (TPSA) is 38.0 Å². The molecule has 0 amide bonds. The first-order valence-electron chi connectivity index (χ1n) is 5.60. The summed E-state index contributed by atoms with van der Waals surface area (Å²) in [5.41, 5.74) is 3.94. The molecule has 0 aliphatic carbocycles. The van der Waals surface area contributed by atoms with E-state index in [-0.39, 0.29) is 11.9 Å². The van der Waals surface area contributed by atoms with Crippen molar-refractivity contribution in [3.8, 4) is 0 Å². The Morgan fingerprint density at radius 1 is 1.59 bits per heavy atom. The highest BCUT2D eigenvalue weighted by Gasteiger charge is 2.07. The molecule has 0 radical (unpaired) electrons. The molecular weight excluding hydrogens is 235 g/mol. The maximum absolute atomic E-state index is 13.0. The third-order valence-electron chi connectivity index (χ3n) is 2.40. The van der Waals surface area contributed by atoms with Gasteiger partial charge < -0.3 is 0 Å². The van der Waals surface area contributed by atoms with Gasteiger partial charge in [-0.1, -0.05) is 11.6 Å². The van der Waals surface area contributed by atoms with Crippen molar-refractivity contribution in [2.24, 2.45) is 5.84 Å². The summed E-state index contributed by atoms with van der Waals surface area (Å²) in [6.07, 6.45) is 1.91. The monoisotopic (exact) mass is 254 g/mol. The normalized spacial score (nSPS) is 12.4. The zero-order valence-corrected chi connectivity index (χ0v) is 10.9. The molecule has 0 saturated carbocycles. The van der Waals surface area contributed by atoms with E-state index < -0.39 is 0 Å². The molecule has 1 unspecified atom stereocenters. The van der Waals surface area contributed by atoms with Gasteiger partial charge in [0.1, 0.15) is 5.82 Å². The van der Waals surface area contributed by atoms with E-state index in [0.29, 0.717) is 0 Å². The standard InChI is InChI=1S/C13H19FN2S/c1-10(2)6-7-12(16-15)9-17-13-5-3-4-11(14)8-13/h3-5,8,12,16H,1,6-7,9,15H2,2H3. The lowest BCUT2D eigenvalue weighted by molar-refractivity contribution is 0.538. The minimum atomic E-state index is -0.200. The van der Waals surface area contributed by atoms with Crippen molar-refractivity contribution in [1.29, 1.82) is 0 Å². The van der Waals surface area contributed by atoms with Gasteiger partial charge in [-0.15, -0.1) is 18.3 Å². The second-order valence-corrected chi connectivity index (χ2v) is 5.22. The van der Waals surface area contributed by atoms with E-state index >= 15 is 0 Å². The second kappa shape index (κ2) is 7.48. The average molecular weight is 254 g/mol. The Morgan fingerprint density at radius 3 is 2.94 bits per heavy atom. The zero-order valence-electron chi connectivity index (χ0n) is 10.1. The summed E-state index contributed by atoms with van der Waals surface area (Å²) in [4.78, 5) is 0.931. The number of allylic oxidation sites excluding steroid dienone is 1. The molecule has 1 aromatic carbocycles. The molecule has 17 heavy (non-hydrogen) atoms. The first kappa shape index (κ1) is 14.2. The molecule has 0 heterocycles. The summed E-state index contributed by atoms with van der Waals surface area (Å²) < 4.78 is 13.0. The van der Waals surface area contributed by atoms with Crippen LogP contribution in [0, 0.1) is 5.82 Å². The number of hydrazine groups is 1. The van der Waals surface area contributed by atoms with Crippen molar-refractivity contribution in [2.75, 3.05) is 5.75 Å². The first-order valence-corrected chi connectivity index (χ1v) is 6.59. The van der Waals surface area contributed by atoms with Gasteiger partial charge in [0, 0.05) is 16.7 Å². The Labute approximate surface area is 106 Å². The van der Waals surface area contributed by atoms with Gasteiger partial charge in [0.25, 0.3) is 0 Å². The van der Waals surface area contributed by atoms with E-state index in [1.54, 1.807) is 17.8 Å². The van der Waals surface area contributed by atoms with Crippen LogP contribution < -0.4 is 11.3 Å². The van der Waals surface area contributed by atoms with E-state index in [1.807, 2.05) is 13.0 Å². The van der Waals surface area contributed by atoms with Gasteiger partial charge in [-0.3, -0.25) is 11.3 Å². The van der Waals surface area contributed by atoms with E-state index in [1.165, 1.54) is 12.1 Å². The van der Waals surface area contributed by atoms with Crippen molar-refractivity contribution < 1.29 is 4.39 Å². The highest BCUT2D eigenvalue weighted by atomic mass is 32.2. The summed E-state index contributed by atoms with van der Waals surface area (Å²) in [6, 6.07) is 6.83. The number of hydrogen-bond acceptors (Lipinski definition) is 3. The summed E-state index contributed by atoms with van der Waals surface area (Å²) in [7, 11) is 0. The summed E-state index contributed by atoms with van der Waals surface area (Å²) in [5, 5.41) is 0. The molecule has 0 aliphatic heterocycles. The predicted octanol–water partition coefficient (Wildman–Crippen LogP) is 3.11. The van der Waals surface area contributed by atoms with E-state index in [4.69, 9.17) is 5.84 Å². The van der Waals surface area contributed by atoms with E-state index in [9.17, 15) is 4.39 Å². The molecule has 1 rings (SSSR count). The van der Waals surface area contributed by atoms with Crippen LogP contribution in [0.1, 0.15) is 19.8 Å². The van der Waals surface area contributed by atoms with Gasteiger partial charge in [-0.2, -0.15) is 0 Å². The summed E-state index contributed by atoms with van der Waals surface area (Å²) >= 11 is 1.61. The number of thioether (sulfide) groups is 1. The van der Waals surface area contributed by atoms with Gasteiger partial charge in [0.15, 0.2) is 0 Å². The third kappa shape index (κ3) is 5.86. The molecule has 0 bridgehead atoms. The second-order valence-electron chi connectivity index (χ2n) is 4.13. The number of nitrogens with two attached hydrogens (primary N) is 1. The largest absolute Gasteiger partial charge is 0.271 e. The third-order valence-corrected chi connectivity index (χ3v) is 3.56. The molecule has 0 spiro atoms. The molecule has 4 heteroatoms. The summed E-state index contributed by atoms with van der Waals surface area (Å²) in [6.45, 7) is 5.87. The number of hydrogen-bond donors (Lipinski definition) is 2. The number of benzene rings is 1. The quantitative estimate of drug-likeness (QED) is 0.340. The fraction of sp³-hybridized carbons (Fsp3) is 0.385. The van der Waals surface area contributed by atoms with Crippen LogP contribution in [-0.4, -0.2) is 11.8 Å². The fourth-order valence-electron chi connectivity index (χ4n) is 1.39. The Morgan fingerprint density at radius 2 is 2.35 bits per heavy atom. The Hall–Kier alpha value is -0.840. The number of halogens is 1. The van der Waals surface area contributed by atoms with Gasteiger partial charge >= 0.3 is 0 Å². The van der Waals surface area contributed by atoms with E-state index in [2.05, 4.69) is 12.0 Å². The molecule has 3 N–H and O–H groups in total. The van der Waals surface area contributed by atoms with Crippen molar-refractivity contribution in [2.45, 2.75) is 30.7 Å². The molecule has 1 aromatic rings. The molecule has 0 saturated heterocycles. The van der Waals surface area contributed by atoms with Crippen LogP contribution in [0.2, 0.25) is 0 Å². The Kier molecular flexibility index (Phi) is 6.26. The van der Waals surface area contributed by atoms with Gasteiger partial charge in [-0.25, -0.2) is 4.39 Å². The van der Waals surface area contributed by atoms with Crippen molar-refractivity contribution in [3.05, 3.63) is 42.2 Å². The molecule has 94 valence electrons. The predicted molar refractivity (Wildman–Crippen MR) is 72.3 cm³/mol. The number of nitrogens with one attached hydrogen (secondary N) is 1. The minimum Gasteiger partial charge on any atom is -0.271 e. The lowest BCUT2D eigenvalue weighted by Crippen LogP contribution is -2.36. The smallest absolute Gasteiger partial charge is 0.124 e. The van der Waals surface area contributed by atoms with Gasteiger partial charge in [0.05, 0.1) is 0 Å². The zero-order chi connectivity index (χ0) is 12.7. The first-order chi connectivity index (χ1) is 8.11. The molecule has 0 fully saturated rings. The maximum atomic E-state index is 13.0. The minimum absolute atomic E-state index is 0.200. The van der Waals surface area contributed by atoms with Crippen molar-refractivity contribution in [1.82, 2.24) is 5.43 Å². The van der Waals surface area contributed by atoms with Gasteiger partial charge in [-0.05, 0) is 38.0 Å². The average Bonchev–Trinajstić information content (AvgIpc) is 2.29. The lowest BCUT2D eigenvalue weighted by atomic mass is 10.1. The molecule has 0 aromatic heterocycles. The molecular formula is C13H19FN2S. The molecule has 0 aliphatic rings. The van der Waals surface area contributed by atoms with Crippen LogP contribution in [0.4, 0.5) is 4.39 Å².